The molecule has 4 N–H and O–H groups in total. The highest BCUT2D eigenvalue weighted by molar-refractivity contribution is 6.32. The summed E-state index contributed by atoms with van der Waals surface area (Å²) >= 11 is 6.67. The second-order valence-electron chi connectivity index (χ2n) is 8.53. The molecule has 3 aliphatic rings. The third-order valence-electron chi connectivity index (χ3n) is 6.37. The van der Waals surface area contributed by atoms with Crippen LogP contribution in [0.1, 0.15) is 19.4 Å². The first kappa shape index (κ1) is 23.5. The summed E-state index contributed by atoms with van der Waals surface area (Å²) in [5.41, 5.74) is 0.762. The molecule has 1 aliphatic carbocycles. The molecule has 2 unspecified atom stereocenters. The fraction of sp³-hybridized carbons (Fsp3) is 0.565. The van der Waals surface area contributed by atoms with Crippen LogP contribution in [0.2, 0.25) is 0 Å². The molecule has 0 spiro atoms. The largest absolute Gasteiger partial charge is 0.494 e. The molecule has 2 aliphatic heterocycles. The van der Waals surface area contributed by atoms with E-state index in [1.165, 1.54) is 0 Å². The number of benzene rings is 1. The number of hydrogen-bond donors (Lipinski definition) is 4. The highest BCUT2D eigenvalue weighted by atomic mass is 35.5. The zero-order valence-electron chi connectivity index (χ0n) is 18.0. The molecule has 1 aromatic carbocycles. The van der Waals surface area contributed by atoms with Crippen LogP contribution < -0.4 is 4.74 Å². The van der Waals surface area contributed by atoms with Crippen LogP contribution >= 0.6 is 11.6 Å². The van der Waals surface area contributed by atoms with E-state index in [0.29, 0.717) is 23.8 Å². The number of aliphatic hydroxyl groups is 4. The minimum atomic E-state index is -1.49. The van der Waals surface area contributed by atoms with E-state index >= 15 is 0 Å². The molecule has 0 amide bonds. The van der Waals surface area contributed by atoms with E-state index < -0.39 is 48.6 Å². The van der Waals surface area contributed by atoms with Gasteiger partial charge in [0.15, 0.2) is 6.79 Å². The number of rotatable bonds is 6. The predicted molar refractivity (Wildman–Crippen MR) is 115 cm³/mol. The van der Waals surface area contributed by atoms with E-state index in [1.807, 2.05) is 44.2 Å². The van der Waals surface area contributed by atoms with Crippen LogP contribution in [0.15, 0.2) is 46.7 Å². The van der Waals surface area contributed by atoms with Crippen molar-refractivity contribution in [1.82, 2.24) is 0 Å². The van der Waals surface area contributed by atoms with Crippen molar-refractivity contribution >= 4 is 11.6 Å². The smallest absolute Gasteiger partial charge is 0.189 e. The zero-order valence-corrected chi connectivity index (χ0v) is 18.7. The highest BCUT2D eigenvalue weighted by Gasteiger charge is 2.57. The average Bonchev–Trinajstić information content (AvgIpc) is 3.29. The summed E-state index contributed by atoms with van der Waals surface area (Å²) < 4.78 is 22.9. The minimum absolute atomic E-state index is 0.00654. The lowest BCUT2D eigenvalue weighted by Crippen LogP contribution is -2.64. The molecule has 0 aromatic heterocycles. The number of allylic oxidation sites excluding steroid dienone is 2. The fourth-order valence-electron chi connectivity index (χ4n) is 4.70. The van der Waals surface area contributed by atoms with Gasteiger partial charge in [-0.05, 0) is 36.6 Å². The topological polar surface area (TPSA) is 118 Å². The Morgan fingerprint density at radius 2 is 1.84 bits per heavy atom. The van der Waals surface area contributed by atoms with Gasteiger partial charge < -0.3 is 39.4 Å². The maximum Gasteiger partial charge on any atom is 0.189 e. The summed E-state index contributed by atoms with van der Waals surface area (Å²) in [4.78, 5) is 0. The van der Waals surface area contributed by atoms with Crippen LogP contribution in [0.4, 0.5) is 0 Å². The van der Waals surface area contributed by atoms with E-state index in [4.69, 9.17) is 30.5 Å². The molecular formula is C23H29ClO8. The zero-order chi connectivity index (χ0) is 23.0. The average molecular weight is 469 g/mol. The van der Waals surface area contributed by atoms with Crippen LogP contribution in [0, 0.1) is 5.41 Å². The summed E-state index contributed by atoms with van der Waals surface area (Å²) in [5, 5.41) is 41.4. The van der Waals surface area contributed by atoms with Crippen LogP contribution in [-0.2, 0) is 20.6 Å². The van der Waals surface area contributed by atoms with Gasteiger partial charge in [-0.25, -0.2) is 0 Å². The second kappa shape index (κ2) is 9.30. The Bertz CT molecular complexity index is 882. The summed E-state index contributed by atoms with van der Waals surface area (Å²) in [7, 11) is 0. The Morgan fingerprint density at radius 1 is 1.12 bits per heavy atom. The number of fused-ring (bicyclic) bond motifs is 1. The second-order valence-corrected chi connectivity index (χ2v) is 8.90. The van der Waals surface area contributed by atoms with E-state index in [2.05, 4.69) is 0 Å². The molecule has 2 heterocycles. The van der Waals surface area contributed by atoms with E-state index in [9.17, 15) is 20.4 Å². The molecule has 2 saturated heterocycles. The van der Waals surface area contributed by atoms with Crippen LogP contribution in [0.25, 0.3) is 0 Å². The lowest BCUT2D eigenvalue weighted by atomic mass is 9.69. The summed E-state index contributed by atoms with van der Waals surface area (Å²) in [5.74, 6) is 1.21. The van der Waals surface area contributed by atoms with Gasteiger partial charge in [0.25, 0.3) is 0 Å². The van der Waals surface area contributed by atoms with Gasteiger partial charge in [0.1, 0.15) is 42.0 Å². The number of ether oxygens (including phenoxy) is 4. The number of aliphatic hydroxyl groups excluding tert-OH is 4. The Hall–Kier alpha value is -1.65. The number of hydrogen-bond acceptors (Lipinski definition) is 8. The molecule has 0 radical (unpaired) electrons. The lowest BCUT2D eigenvalue weighted by Gasteiger charge is -2.49. The molecule has 2 fully saturated rings. The van der Waals surface area contributed by atoms with Crippen molar-refractivity contribution in [2.45, 2.75) is 56.9 Å². The first-order valence-electron chi connectivity index (χ1n) is 10.7. The van der Waals surface area contributed by atoms with Gasteiger partial charge in [0.05, 0.1) is 24.4 Å². The Balaban J connectivity index is 1.68. The first-order valence-corrected chi connectivity index (χ1v) is 11.1. The van der Waals surface area contributed by atoms with Crippen molar-refractivity contribution in [3.05, 3.63) is 52.3 Å². The quantitative estimate of drug-likeness (QED) is 0.492. The fourth-order valence-corrected chi connectivity index (χ4v) is 4.97. The van der Waals surface area contributed by atoms with Gasteiger partial charge in [0.2, 0.25) is 0 Å². The Kier molecular flexibility index (Phi) is 6.84. The van der Waals surface area contributed by atoms with Crippen LogP contribution in [0.3, 0.4) is 0 Å². The van der Waals surface area contributed by atoms with Gasteiger partial charge in [-0.1, -0.05) is 36.7 Å². The SMILES string of the molecule is CCOc1ccc(CC2=CC(C)([C@@H]3O[C@H](CO)[C@@H](O)[C@H](O)[C@H]3O)C3OCOC3=C2Cl)cc1. The van der Waals surface area contributed by atoms with E-state index in [-0.39, 0.29) is 6.79 Å². The minimum Gasteiger partial charge on any atom is -0.494 e. The summed E-state index contributed by atoms with van der Waals surface area (Å²) in [6.07, 6.45) is -4.64. The van der Waals surface area contributed by atoms with Crippen molar-refractivity contribution in [2.75, 3.05) is 20.0 Å². The molecule has 7 atom stereocenters. The molecule has 9 heteroatoms. The lowest BCUT2D eigenvalue weighted by molar-refractivity contribution is -0.257. The number of halogens is 1. The molecule has 0 bridgehead atoms. The van der Waals surface area contributed by atoms with E-state index in [1.54, 1.807) is 0 Å². The van der Waals surface area contributed by atoms with Gasteiger partial charge in [0, 0.05) is 5.41 Å². The molecule has 4 rings (SSSR count). The Morgan fingerprint density at radius 3 is 2.50 bits per heavy atom. The van der Waals surface area contributed by atoms with Gasteiger partial charge in [-0.2, -0.15) is 0 Å². The highest BCUT2D eigenvalue weighted by Crippen LogP contribution is 2.49. The normalized spacial score (nSPS) is 37.0. The van der Waals surface area contributed by atoms with Gasteiger partial charge in [-0.3, -0.25) is 0 Å². The summed E-state index contributed by atoms with van der Waals surface area (Å²) in [6.45, 7) is 3.81. The van der Waals surface area contributed by atoms with Gasteiger partial charge in [-0.15, -0.1) is 0 Å². The Labute approximate surface area is 191 Å². The molecule has 1 aromatic rings. The first-order chi connectivity index (χ1) is 15.3. The van der Waals surface area contributed by atoms with Crippen molar-refractivity contribution in [3.8, 4) is 5.75 Å². The van der Waals surface area contributed by atoms with Crippen molar-refractivity contribution in [2.24, 2.45) is 5.41 Å². The molecular weight excluding hydrogens is 440 g/mol. The molecule has 0 saturated carbocycles. The molecule has 8 nitrogen and oxygen atoms in total. The van der Waals surface area contributed by atoms with Crippen molar-refractivity contribution < 1.29 is 39.4 Å². The van der Waals surface area contributed by atoms with Crippen LogP contribution in [0.5, 0.6) is 5.75 Å². The van der Waals surface area contributed by atoms with Crippen molar-refractivity contribution in [3.63, 3.8) is 0 Å². The molecule has 32 heavy (non-hydrogen) atoms. The summed E-state index contributed by atoms with van der Waals surface area (Å²) in [6, 6.07) is 7.67. The maximum atomic E-state index is 10.8. The third kappa shape index (κ3) is 4.05. The predicted octanol–water partition coefficient (Wildman–Crippen LogP) is 1.24. The molecule has 176 valence electrons. The van der Waals surface area contributed by atoms with Crippen LogP contribution in [-0.4, -0.2) is 77.1 Å². The van der Waals surface area contributed by atoms with Gasteiger partial charge >= 0.3 is 0 Å². The maximum absolute atomic E-state index is 10.8. The van der Waals surface area contributed by atoms with Crippen molar-refractivity contribution in [1.29, 1.82) is 0 Å². The standard InChI is InChI=1S/C23H29ClO8/c1-3-29-14-6-4-12(5-7-14)8-13-9-23(2,22-20(16(13)24)30-11-31-22)21-19(28)18(27)17(26)15(10-25)32-21/h4-7,9,15,17-19,21-22,25-28H,3,8,10-11H2,1-2H3/t15-,17-,18+,19-,21-,22?,23?/m1/s1. The monoisotopic (exact) mass is 468 g/mol. The third-order valence-corrected chi connectivity index (χ3v) is 6.80. The van der Waals surface area contributed by atoms with E-state index in [0.717, 1.165) is 16.9 Å².